The predicted octanol–water partition coefficient (Wildman–Crippen LogP) is 3.55. The molecular formula is C22H37N3O4S2. The Bertz CT molecular complexity index is 924. The normalized spacial score (nSPS) is 24.1. The lowest BCUT2D eigenvalue weighted by atomic mass is 9.86. The summed E-state index contributed by atoms with van der Waals surface area (Å²) in [6, 6.07) is 7.05. The highest BCUT2D eigenvalue weighted by atomic mass is 32.2. The molecule has 31 heavy (non-hydrogen) atoms. The molecule has 1 aliphatic heterocycles. The zero-order valence-corrected chi connectivity index (χ0v) is 20.6. The fourth-order valence-corrected chi connectivity index (χ4v) is 6.69. The zero-order valence-electron chi connectivity index (χ0n) is 18.9. The van der Waals surface area contributed by atoms with E-state index in [4.69, 9.17) is 0 Å². The molecule has 1 aromatic rings. The molecule has 0 atom stereocenters. The number of hydrogen-bond acceptors (Lipinski definition) is 5. The average Bonchev–Trinajstić information content (AvgIpc) is 2.73. The van der Waals surface area contributed by atoms with E-state index in [1.54, 1.807) is 37.2 Å². The van der Waals surface area contributed by atoms with Crippen molar-refractivity contribution in [1.29, 1.82) is 0 Å². The summed E-state index contributed by atoms with van der Waals surface area (Å²) in [4.78, 5) is 0.353. The van der Waals surface area contributed by atoms with Crippen molar-refractivity contribution < 1.29 is 16.8 Å². The second-order valence-electron chi connectivity index (χ2n) is 9.82. The fraction of sp³-hybridized carbons (Fsp3) is 0.727. The summed E-state index contributed by atoms with van der Waals surface area (Å²) in [5.74, 6) is 0.479. The van der Waals surface area contributed by atoms with Gasteiger partial charge in [-0.2, -0.15) is 4.31 Å². The van der Waals surface area contributed by atoms with E-state index < -0.39 is 24.8 Å². The first kappa shape index (κ1) is 24.5. The van der Waals surface area contributed by atoms with E-state index in [0.29, 0.717) is 23.9 Å². The quantitative estimate of drug-likeness (QED) is 0.634. The first-order valence-corrected chi connectivity index (χ1v) is 14.3. The van der Waals surface area contributed by atoms with Gasteiger partial charge in [0.25, 0.3) is 0 Å². The number of piperidine rings is 1. The second kappa shape index (κ2) is 9.77. The SMILES string of the molecule is CC(C)(C)S(=O)(=O)NC1CCC(CNc2ccc(S(=O)(=O)N3CCCCC3)cc2)CC1. The van der Waals surface area contributed by atoms with Gasteiger partial charge in [0, 0.05) is 31.4 Å². The molecule has 7 nitrogen and oxygen atoms in total. The van der Waals surface area contributed by atoms with Gasteiger partial charge in [-0.3, -0.25) is 0 Å². The minimum absolute atomic E-state index is 0.0137. The van der Waals surface area contributed by atoms with Gasteiger partial charge in [0.2, 0.25) is 20.0 Å². The van der Waals surface area contributed by atoms with Crippen molar-refractivity contribution >= 4 is 25.7 Å². The summed E-state index contributed by atoms with van der Waals surface area (Å²) in [5, 5.41) is 3.41. The van der Waals surface area contributed by atoms with E-state index in [1.165, 1.54) is 0 Å². The lowest BCUT2D eigenvalue weighted by Gasteiger charge is -2.31. The molecule has 176 valence electrons. The number of anilines is 1. The molecule has 1 aliphatic carbocycles. The van der Waals surface area contributed by atoms with Crippen molar-refractivity contribution in [1.82, 2.24) is 9.03 Å². The number of sulfonamides is 2. The summed E-state index contributed by atoms with van der Waals surface area (Å²) in [6.07, 6.45) is 6.57. The van der Waals surface area contributed by atoms with Gasteiger partial charge in [0.05, 0.1) is 9.64 Å². The Balaban J connectivity index is 1.47. The standard InChI is InChI=1S/C22H37N3O4S2/c1-22(2,3)31(28,29)24-20-9-7-18(8-10-20)17-23-19-11-13-21(14-12-19)30(26,27)25-15-5-4-6-16-25/h11-14,18,20,23-24H,4-10,15-17H2,1-3H3. The van der Waals surface area contributed by atoms with Crippen LogP contribution in [-0.2, 0) is 20.0 Å². The lowest BCUT2D eigenvalue weighted by Crippen LogP contribution is -2.46. The lowest BCUT2D eigenvalue weighted by molar-refractivity contribution is 0.322. The Morgan fingerprint density at radius 1 is 0.903 bits per heavy atom. The van der Waals surface area contributed by atoms with Gasteiger partial charge in [0.1, 0.15) is 0 Å². The van der Waals surface area contributed by atoms with Crippen molar-refractivity contribution in [2.24, 2.45) is 5.92 Å². The van der Waals surface area contributed by atoms with Crippen LogP contribution in [-0.4, -0.2) is 51.6 Å². The van der Waals surface area contributed by atoms with Gasteiger partial charge in [-0.05, 0) is 89.5 Å². The van der Waals surface area contributed by atoms with Crippen molar-refractivity contribution in [3.63, 3.8) is 0 Å². The van der Waals surface area contributed by atoms with E-state index in [0.717, 1.165) is 57.2 Å². The minimum atomic E-state index is -3.40. The third-order valence-electron chi connectivity index (χ3n) is 6.38. The molecule has 2 aliphatic rings. The molecule has 0 unspecified atom stereocenters. The van der Waals surface area contributed by atoms with Crippen molar-refractivity contribution in [2.45, 2.75) is 81.4 Å². The van der Waals surface area contributed by atoms with Gasteiger partial charge < -0.3 is 5.32 Å². The van der Waals surface area contributed by atoms with Crippen LogP contribution in [0, 0.1) is 5.92 Å². The zero-order chi connectivity index (χ0) is 22.7. The first-order chi connectivity index (χ1) is 14.5. The summed E-state index contributed by atoms with van der Waals surface area (Å²) < 4.78 is 53.9. The molecule has 0 bridgehead atoms. The summed E-state index contributed by atoms with van der Waals surface area (Å²) in [7, 11) is -6.71. The average molecular weight is 472 g/mol. The van der Waals surface area contributed by atoms with E-state index in [9.17, 15) is 16.8 Å². The van der Waals surface area contributed by atoms with Gasteiger partial charge >= 0.3 is 0 Å². The number of rotatable bonds is 7. The van der Waals surface area contributed by atoms with E-state index in [1.807, 2.05) is 12.1 Å². The number of hydrogen-bond donors (Lipinski definition) is 2. The maximum Gasteiger partial charge on any atom is 0.243 e. The molecule has 1 saturated carbocycles. The summed E-state index contributed by atoms with van der Waals surface area (Å²) in [5.41, 5.74) is 0.910. The number of benzene rings is 1. The van der Waals surface area contributed by atoms with Crippen LogP contribution >= 0.6 is 0 Å². The summed E-state index contributed by atoms with van der Waals surface area (Å²) >= 11 is 0. The Kier molecular flexibility index (Phi) is 7.71. The molecule has 2 N–H and O–H groups in total. The molecule has 1 heterocycles. The molecule has 0 radical (unpaired) electrons. The molecule has 9 heteroatoms. The molecule has 0 aromatic heterocycles. The fourth-order valence-electron chi connectivity index (χ4n) is 4.14. The van der Waals surface area contributed by atoms with Gasteiger partial charge in [-0.25, -0.2) is 21.6 Å². The minimum Gasteiger partial charge on any atom is -0.385 e. The van der Waals surface area contributed by atoms with Crippen LogP contribution in [0.15, 0.2) is 29.2 Å². The maximum atomic E-state index is 12.8. The highest BCUT2D eigenvalue weighted by Crippen LogP contribution is 2.27. The topological polar surface area (TPSA) is 95.6 Å². The van der Waals surface area contributed by atoms with Crippen molar-refractivity contribution in [3.05, 3.63) is 24.3 Å². The molecular weight excluding hydrogens is 434 g/mol. The highest BCUT2D eigenvalue weighted by molar-refractivity contribution is 7.90. The van der Waals surface area contributed by atoms with Gasteiger partial charge in [-0.15, -0.1) is 0 Å². The first-order valence-electron chi connectivity index (χ1n) is 11.3. The van der Waals surface area contributed by atoms with Crippen LogP contribution in [0.1, 0.15) is 65.7 Å². The summed E-state index contributed by atoms with van der Waals surface area (Å²) in [6.45, 7) is 7.17. The molecule has 1 aromatic carbocycles. The van der Waals surface area contributed by atoms with Crippen molar-refractivity contribution in [3.8, 4) is 0 Å². The van der Waals surface area contributed by atoms with Crippen LogP contribution in [0.3, 0.4) is 0 Å². The van der Waals surface area contributed by atoms with E-state index in [2.05, 4.69) is 10.0 Å². The molecule has 0 spiro atoms. The van der Waals surface area contributed by atoms with Gasteiger partial charge in [-0.1, -0.05) is 6.42 Å². The largest absolute Gasteiger partial charge is 0.385 e. The third-order valence-corrected chi connectivity index (χ3v) is 10.5. The molecule has 0 amide bonds. The maximum absolute atomic E-state index is 12.8. The van der Waals surface area contributed by atoms with Crippen LogP contribution in [0.4, 0.5) is 5.69 Å². The Morgan fingerprint density at radius 2 is 1.48 bits per heavy atom. The Hall–Kier alpha value is -1.16. The molecule has 2 fully saturated rings. The number of nitrogens with zero attached hydrogens (tertiary/aromatic N) is 1. The van der Waals surface area contributed by atoms with E-state index >= 15 is 0 Å². The Morgan fingerprint density at radius 3 is 2.03 bits per heavy atom. The monoisotopic (exact) mass is 471 g/mol. The van der Waals surface area contributed by atoms with Crippen molar-refractivity contribution in [2.75, 3.05) is 25.0 Å². The Labute approximate surface area is 188 Å². The molecule has 3 rings (SSSR count). The highest BCUT2D eigenvalue weighted by Gasteiger charge is 2.32. The van der Waals surface area contributed by atoms with Crippen LogP contribution in [0.25, 0.3) is 0 Å². The number of nitrogens with one attached hydrogen (secondary N) is 2. The van der Waals surface area contributed by atoms with E-state index in [-0.39, 0.29) is 6.04 Å². The second-order valence-corrected chi connectivity index (χ2v) is 14.2. The molecule has 1 saturated heterocycles. The van der Waals surface area contributed by atoms with Crippen LogP contribution < -0.4 is 10.0 Å². The van der Waals surface area contributed by atoms with Crippen LogP contribution in [0.2, 0.25) is 0 Å². The predicted molar refractivity (Wildman–Crippen MR) is 125 cm³/mol. The third kappa shape index (κ3) is 6.21. The van der Waals surface area contributed by atoms with Gasteiger partial charge in [0.15, 0.2) is 0 Å². The van der Waals surface area contributed by atoms with Crippen LogP contribution in [0.5, 0.6) is 0 Å². The smallest absolute Gasteiger partial charge is 0.243 e.